The van der Waals surface area contributed by atoms with Gasteiger partial charge in [-0.3, -0.25) is 0 Å². The SMILES string of the molecule is CCNCCc1nc(N)n(C)n1. The van der Waals surface area contributed by atoms with E-state index in [1.54, 1.807) is 11.7 Å². The van der Waals surface area contributed by atoms with E-state index in [4.69, 9.17) is 5.73 Å². The summed E-state index contributed by atoms with van der Waals surface area (Å²) in [4.78, 5) is 4.07. The van der Waals surface area contributed by atoms with Crippen molar-refractivity contribution in [3.63, 3.8) is 0 Å². The predicted molar refractivity (Wildman–Crippen MR) is 47.7 cm³/mol. The van der Waals surface area contributed by atoms with Gasteiger partial charge in [-0.1, -0.05) is 6.92 Å². The lowest BCUT2D eigenvalue weighted by atomic mass is 10.4. The lowest BCUT2D eigenvalue weighted by Gasteiger charge is -1.95. The number of nitrogens with one attached hydrogen (secondary N) is 1. The van der Waals surface area contributed by atoms with E-state index in [2.05, 4.69) is 22.3 Å². The van der Waals surface area contributed by atoms with E-state index in [1.807, 2.05) is 0 Å². The average Bonchev–Trinajstić information content (AvgIpc) is 2.32. The summed E-state index contributed by atoms with van der Waals surface area (Å²) in [6.07, 6.45) is 0.832. The van der Waals surface area contributed by atoms with Crippen molar-refractivity contribution in [1.82, 2.24) is 20.1 Å². The predicted octanol–water partition coefficient (Wildman–Crippen LogP) is -0.451. The number of nitrogen functional groups attached to an aromatic ring is 1. The standard InChI is InChI=1S/C7H15N5/c1-3-9-5-4-6-10-7(8)12(2)11-6/h9H,3-5H2,1-2H3,(H2,8,10,11). The Morgan fingerprint density at radius 3 is 2.83 bits per heavy atom. The number of rotatable bonds is 4. The maximum Gasteiger partial charge on any atom is 0.218 e. The highest BCUT2D eigenvalue weighted by Crippen LogP contribution is 1.96. The summed E-state index contributed by atoms with van der Waals surface area (Å²) >= 11 is 0. The van der Waals surface area contributed by atoms with E-state index < -0.39 is 0 Å². The van der Waals surface area contributed by atoms with Crippen LogP contribution in [-0.4, -0.2) is 27.9 Å². The molecule has 0 aromatic carbocycles. The van der Waals surface area contributed by atoms with Crippen molar-refractivity contribution in [2.24, 2.45) is 7.05 Å². The van der Waals surface area contributed by atoms with Crippen LogP contribution in [0.5, 0.6) is 0 Å². The molecule has 0 radical (unpaired) electrons. The monoisotopic (exact) mass is 169 g/mol. The summed E-state index contributed by atoms with van der Waals surface area (Å²) in [5.41, 5.74) is 5.51. The first-order valence-corrected chi connectivity index (χ1v) is 4.10. The number of anilines is 1. The molecule has 0 amide bonds. The zero-order valence-corrected chi connectivity index (χ0v) is 7.54. The first-order valence-electron chi connectivity index (χ1n) is 4.10. The first-order chi connectivity index (χ1) is 5.74. The number of hydrogen-bond donors (Lipinski definition) is 2. The van der Waals surface area contributed by atoms with Crippen molar-refractivity contribution in [3.8, 4) is 0 Å². The van der Waals surface area contributed by atoms with Crippen LogP contribution in [0.2, 0.25) is 0 Å². The molecule has 1 aromatic rings. The van der Waals surface area contributed by atoms with Gasteiger partial charge in [0.15, 0.2) is 5.82 Å². The summed E-state index contributed by atoms with van der Waals surface area (Å²) in [6, 6.07) is 0. The molecule has 0 unspecified atom stereocenters. The van der Waals surface area contributed by atoms with E-state index in [0.717, 1.165) is 25.3 Å². The van der Waals surface area contributed by atoms with Gasteiger partial charge >= 0.3 is 0 Å². The highest BCUT2D eigenvalue weighted by Gasteiger charge is 2.01. The molecule has 68 valence electrons. The van der Waals surface area contributed by atoms with E-state index in [0.29, 0.717) is 5.95 Å². The van der Waals surface area contributed by atoms with Gasteiger partial charge in [0.05, 0.1) is 0 Å². The second kappa shape index (κ2) is 4.06. The lowest BCUT2D eigenvalue weighted by molar-refractivity contribution is 0.682. The van der Waals surface area contributed by atoms with Crippen LogP contribution in [-0.2, 0) is 13.5 Å². The molecule has 3 N–H and O–H groups in total. The minimum Gasteiger partial charge on any atom is -0.368 e. The fourth-order valence-electron chi connectivity index (χ4n) is 0.934. The Morgan fingerprint density at radius 2 is 2.33 bits per heavy atom. The van der Waals surface area contributed by atoms with Crippen molar-refractivity contribution in [2.45, 2.75) is 13.3 Å². The summed E-state index contributed by atoms with van der Waals surface area (Å²) in [7, 11) is 1.79. The Kier molecular flexibility index (Phi) is 3.04. The van der Waals surface area contributed by atoms with Gasteiger partial charge in [0.1, 0.15) is 0 Å². The van der Waals surface area contributed by atoms with Crippen LogP contribution in [0.25, 0.3) is 0 Å². The maximum absolute atomic E-state index is 5.51. The molecular formula is C7H15N5. The number of nitrogens with two attached hydrogens (primary N) is 1. The summed E-state index contributed by atoms with van der Waals surface area (Å²) in [5, 5.41) is 7.32. The minimum absolute atomic E-state index is 0.474. The Labute approximate surface area is 72.0 Å². The van der Waals surface area contributed by atoms with Gasteiger partial charge in [-0.25, -0.2) is 4.68 Å². The molecule has 0 fully saturated rings. The third kappa shape index (κ3) is 2.20. The van der Waals surface area contributed by atoms with Crippen molar-refractivity contribution < 1.29 is 0 Å². The molecule has 5 nitrogen and oxygen atoms in total. The topological polar surface area (TPSA) is 68.8 Å². The zero-order chi connectivity index (χ0) is 8.97. The second-order valence-electron chi connectivity index (χ2n) is 2.61. The highest BCUT2D eigenvalue weighted by atomic mass is 15.4. The summed E-state index contributed by atoms with van der Waals surface area (Å²) in [6.45, 7) is 3.95. The highest BCUT2D eigenvalue weighted by molar-refractivity contribution is 5.15. The number of aryl methyl sites for hydroxylation is 1. The molecule has 1 heterocycles. The normalized spacial score (nSPS) is 10.5. The van der Waals surface area contributed by atoms with E-state index >= 15 is 0 Å². The minimum atomic E-state index is 0.474. The quantitative estimate of drug-likeness (QED) is 0.599. The lowest BCUT2D eigenvalue weighted by Crippen LogP contribution is -2.16. The van der Waals surface area contributed by atoms with Gasteiger partial charge in [0.2, 0.25) is 5.95 Å². The third-order valence-electron chi connectivity index (χ3n) is 1.62. The molecule has 5 heteroatoms. The number of likely N-dealkylation sites (N-methyl/N-ethyl adjacent to an activating group) is 1. The van der Waals surface area contributed by atoms with Gasteiger partial charge in [-0.05, 0) is 6.54 Å². The van der Waals surface area contributed by atoms with Gasteiger partial charge in [-0.2, -0.15) is 10.1 Å². The molecular weight excluding hydrogens is 154 g/mol. The molecule has 0 saturated heterocycles. The fourth-order valence-corrected chi connectivity index (χ4v) is 0.934. The molecule has 0 spiro atoms. The van der Waals surface area contributed by atoms with Crippen LogP contribution in [0.15, 0.2) is 0 Å². The van der Waals surface area contributed by atoms with Crippen molar-refractivity contribution in [2.75, 3.05) is 18.8 Å². The fraction of sp³-hybridized carbons (Fsp3) is 0.714. The molecule has 0 saturated carbocycles. The number of hydrogen-bond acceptors (Lipinski definition) is 4. The Hall–Kier alpha value is -1.10. The van der Waals surface area contributed by atoms with Gasteiger partial charge in [0.25, 0.3) is 0 Å². The molecule has 1 aromatic heterocycles. The molecule has 0 aliphatic carbocycles. The molecule has 0 bridgehead atoms. The van der Waals surface area contributed by atoms with Crippen LogP contribution in [0.4, 0.5) is 5.95 Å². The van der Waals surface area contributed by atoms with Crippen LogP contribution in [0.1, 0.15) is 12.7 Å². The molecule has 0 atom stereocenters. The van der Waals surface area contributed by atoms with Crippen molar-refractivity contribution in [3.05, 3.63) is 5.82 Å². The number of nitrogens with zero attached hydrogens (tertiary/aromatic N) is 3. The van der Waals surface area contributed by atoms with E-state index in [9.17, 15) is 0 Å². The Bertz CT molecular complexity index is 222. The molecule has 12 heavy (non-hydrogen) atoms. The van der Waals surface area contributed by atoms with Gasteiger partial charge in [-0.15, -0.1) is 0 Å². The Morgan fingerprint density at radius 1 is 1.58 bits per heavy atom. The smallest absolute Gasteiger partial charge is 0.218 e. The molecule has 1 rings (SSSR count). The zero-order valence-electron chi connectivity index (χ0n) is 7.54. The summed E-state index contributed by atoms with van der Waals surface area (Å²) in [5.74, 6) is 1.28. The van der Waals surface area contributed by atoms with Crippen molar-refractivity contribution >= 4 is 5.95 Å². The van der Waals surface area contributed by atoms with Gasteiger partial charge in [0, 0.05) is 20.0 Å². The first kappa shape index (κ1) is 8.99. The van der Waals surface area contributed by atoms with Crippen LogP contribution >= 0.6 is 0 Å². The van der Waals surface area contributed by atoms with Crippen LogP contribution in [0.3, 0.4) is 0 Å². The Balaban J connectivity index is 2.42. The van der Waals surface area contributed by atoms with Gasteiger partial charge < -0.3 is 11.1 Å². The average molecular weight is 169 g/mol. The van der Waals surface area contributed by atoms with Crippen molar-refractivity contribution in [1.29, 1.82) is 0 Å². The van der Waals surface area contributed by atoms with Crippen LogP contribution < -0.4 is 11.1 Å². The largest absolute Gasteiger partial charge is 0.368 e. The molecule has 0 aliphatic heterocycles. The third-order valence-corrected chi connectivity index (χ3v) is 1.62. The van der Waals surface area contributed by atoms with Crippen LogP contribution in [0, 0.1) is 0 Å². The second-order valence-corrected chi connectivity index (χ2v) is 2.61. The summed E-state index contributed by atoms with van der Waals surface area (Å²) < 4.78 is 1.58. The maximum atomic E-state index is 5.51. The number of aromatic nitrogens is 3. The van der Waals surface area contributed by atoms with E-state index in [-0.39, 0.29) is 0 Å². The van der Waals surface area contributed by atoms with E-state index in [1.165, 1.54) is 0 Å². The molecule has 0 aliphatic rings.